The molecular formula is C16H25N3OS. The van der Waals surface area contributed by atoms with E-state index in [0.29, 0.717) is 31.6 Å². The number of thioether (sulfide) groups is 1. The van der Waals surface area contributed by atoms with Gasteiger partial charge < -0.3 is 11.1 Å². The second-order valence-corrected chi connectivity index (χ2v) is 6.74. The zero-order chi connectivity index (χ0) is 15.1. The van der Waals surface area contributed by atoms with E-state index in [1.54, 1.807) is 11.8 Å². The highest BCUT2D eigenvalue weighted by Crippen LogP contribution is 2.34. The summed E-state index contributed by atoms with van der Waals surface area (Å²) < 4.78 is 0. The van der Waals surface area contributed by atoms with Gasteiger partial charge in [0.2, 0.25) is 5.91 Å². The first-order chi connectivity index (χ1) is 10.2. The predicted molar refractivity (Wildman–Crippen MR) is 88.4 cm³/mol. The fourth-order valence-corrected chi connectivity index (χ4v) is 3.28. The number of amides is 1. The van der Waals surface area contributed by atoms with Gasteiger partial charge >= 0.3 is 0 Å². The molecule has 1 unspecified atom stereocenters. The van der Waals surface area contributed by atoms with Gasteiger partial charge in [0.25, 0.3) is 0 Å². The maximum Gasteiger partial charge on any atom is 0.234 e. The van der Waals surface area contributed by atoms with Crippen molar-refractivity contribution in [3.05, 3.63) is 30.3 Å². The Bertz CT molecular complexity index is 436. The van der Waals surface area contributed by atoms with E-state index >= 15 is 0 Å². The molecule has 1 aliphatic rings. The molecule has 1 saturated carbocycles. The summed E-state index contributed by atoms with van der Waals surface area (Å²) >= 11 is 1.76. The van der Waals surface area contributed by atoms with Gasteiger partial charge in [0.15, 0.2) is 0 Å². The third-order valence-electron chi connectivity index (χ3n) is 3.80. The smallest absolute Gasteiger partial charge is 0.234 e. The molecule has 116 valence electrons. The molecule has 0 aromatic heterocycles. The van der Waals surface area contributed by atoms with Crippen molar-refractivity contribution in [3.63, 3.8) is 0 Å². The van der Waals surface area contributed by atoms with Crippen LogP contribution in [0.3, 0.4) is 0 Å². The van der Waals surface area contributed by atoms with E-state index in [2.05, 4.69) is 22.3 Å². The van der Waals surface area contributed by atoms with Crippen molar-refractivity contribution in [3.8, 4) is 0 Å². The minimum Gasteiger partial charge on any atom is -0.354 e. The van der Waals surface area contributed by atoms with Crippen LogP contribution in [0.25, 0.3) is 0 Å². The Balaban J connectivity index is 1.61. The number of carbonyl (C=O) groups is 1. The molecule has 0 bridgehead atoms. The van der Waals surface area contributed by atoms with E-state index in [1.807, 2.05) is 25.2 Å². The van der Waals surface area contributed by atoms with Gasteiger partial charge in [0.05, 0.1) is 6.54 Å². The highest BCUT2D eigenvalue weighted by Gasteiger charge is 2.33. The van der Waals surface area contributed by atoms with Crippen molar-refractivity contribution in [2.75, 3.05) is 32.4 Å². The van der Waals surface area contributed by atoms with Gasteiger partial charge in [-0.15, -0.1) is 11.8 Å². The molecule has 4 nitrogen and oxygen atoms in total. The summed E-state index contributed by atoms with van der Waals surface area (Å²) in [6, 6.07) is 10.6. The lowest BCUT2D eigenvalue weighted by molar-refractivity contribution is -0.122. The van der Waals surface area contributed by atoms with Crippen LogP contribution in [0.1, 0.15) is 12.8 Å². The molecule has 1 atom stereocenters. The lowest BCUT2D eigenvalue weighted by atomic mass is 10.1. The summed E-state index contributed by atoms with van der Waals surface area (Å²) in [5.41, 5.74) is 5.80. The Morgan fingerprint density at radius 3 is 2.76 bits per heavy atom. The van der Waals surface area contributed by atoms with E-state index in [0.717, 1.165) is 5.75 Å². The quantitative estimate of drug-likeness (QED) is 0.537. The first kappa shape index (κ1) is 16.3. The number of rotatable bonds is 9. The Kier molecular flexibility index (Phi) is 6.54. The summed E-state index contributed by atoms with van der Waals surface area (Å²) in [4.78, 5) is 15.3. The number of hydrogen-bond donors (Lipinski definition) is 2. The predicted octanol–water partition coefficient (Wildman–Crippen LogP) is 1.56. The van der Waals surface area contributed by atoms with Crippen molar-refractivity contribution in [1.29, 1.82) is 0 Å². The fourth-order valence-electron chi connectivity index (χ4n) is 2.49. The van der Waals surface area contributed by atoms with Gasteiger partial charge in [-0.05, 0) is 37.9 Å². The van der Waals surface area contributed by atoms with Crippen LogP contribution in [0, 0.1) is 5.92 Å². The summed E-state index contributed by atoms with van der Waals surface area (Å²) in [6.45, 7) is 1.77. The number of benzene rings is 1. The average molecular weight is 307 g/mol. The number of nitrogens with one attached hydrogen (secondary N) is 1. The molecule has 3 N–H and O–H groups in total. The fraction of sp³-hybridized carbons (Fsp3) is 0.562. The number of hydrogen-bond acceptors (Lipinski definition) is 4. The first-order valence-corrected chi connectivity index (χ1v) is 8.54. The Labute approximate surface area is 131 Å². The molecule has 0 aliphatic heterocycles. The van der Waals surface area contributed by atoms with Gasteiger partial charge in [0.1, 0.15) is 0 Å². The Morgan fingerprint density at radius 1 is 1.43 bits per heavy atom. The number of nitrogens with two attached hydrogens (primary N) is 1. The van der Waals surface area contributed by atoms with E-state index in [-0.39, 0.29) is 5.91 Å². The summed E-state index contributed by atoms with van der Waals surface area (Å²) in [7, 11) is 1.99. The summed E-state index contributed by atoms with van der Waals surface area (Å²) in [5.74, 6) is 1.68. The highest BCUT2D eigenvalue weighted by atomic mass is 32.2. The molecule has 21 heavy (non-hydrogen) atoms. The number of carbonyl (C=O) groups excluding carboxylic acids is 1. The first-order valence-electron chi connectivity index (χ1n) is 7.55. The SMILES string of the molecule is CN(CC(=O)NCCSc1ccccc1)C(CN)C1CC1. The van der Waals surface area contributed by atoms with Crippen LogP contribution in [0.2, 0.25) is 0 Å². The zero-order valence-corrected chi connectivity index (χ0v) is 13.4. The highest BCUT2D eigenvalue weighted by molar-refractivity contribution is 7.99. The van der Waals surface area contributed by atoms with Crippen molar-refractivity contribution in [2.24, 2.45) is 11.7 Å². The maximum absolute atomic E-state index is 11.9. The standard InChI is InChI=1S/C16H25N3OS/c1-19(15(11-17)13-7-8-13)12-16(20)18-9-10-21-14-5-3-2-4-6-14/h2-6,13,15H,7-12,17H2,1H3,(H,18,20). The lowest BCUT2D eigenvalue weighted by Crippen LogP contribution is -2.45. The Hall–Kier alpha value is -1.04. The summed E-state index contributed by atoms with van der Waals surface area (Å²) in [6.07, 6.45) is 2.50. The average Bonchev–Trinajstić information content (AvgIpc) is 3.30. The van der Waals surface area contributed by atoms with Crippen LogP contribution in [-0.4, -0.2) is 49.3 Å². The van der Waals surface area contributed by atoms with Crippen LogP contribution in [-0.2, 0) is 4.79 Å². The number of nitrogens with zero attached hydrogens (tertiary/aromatic N) is 1. The van der Waals surface area contributed by atoms with E-state index in [1.165, 1.54) is 17.7 Å². The third-order valence-corrected chi connectivity index (χ3v) is 4.82. The van der Waals surface area contributed by atoms with Crippen LogP contribution in [0.5, 0.6) is 0 Å². The molecule has 1 aliphatic carbocycles. The van der Waals surface area contributed by atoms with Crippen molar-refractivity contribution >= 4 is 17.7 Å². The molecule has 2 rings (SSSR count). The Morgan fingerprint density at radius 2 is 2.14 bits per heavy atom. The van der Waals surface area contributed by atoms with Crippen LogP contribution < -0.4 is 11.1 Å². The maximum atomic E-state index is 11.9. The zero-order valence-electron chi connectivity index (χ0n) is 12.6. The molecule has 5 heteroatoms. The van der Waals surface area contributed by atoms with E-state index < -0.39 is 0 Å². The van der Waals surface area contributed by atoms with Crippen molar-refractivity contribution in [1.82, 2.24) is 10.2 Å². The van der Waals surface area contributed by atoms with Gasteiger partial charge in [-0.25, -0.2) is 0 Å². The summed E-state index contributed by atoms with van der Waals surface area (Å²) in [5, 5.41) is 2.98. The monoisotopic (exact) mass is 307 g/mol. The second-order valence-electron chi connectivity index (χ2n) is 5.57. The second kappa shape index (κ2) is 8.41. The van der Waals surface area contributed by atoms with Gasteiger partial charge in [-0.1, -0.05) is 18.2 Å². The van der Waals surface area contributed by atoms with Crippen molar-refractivity contribution in [2.45, 2.75) is 23.8 Å². The molecule has 0 saturated heterocycles. The normalized spacial score (nSPS) is 16.0. The molecule has 1 fully saturated rings. The molecule has 1 amide bonds. The van der Waals surface area contributed by atoms with Gasteiger partial charge in [-0.2, -0.15) is 0 Å². The molecule has 0 heterocycles. The molecular weight excluding hydrogens is 282 g/mol. The minimum absolute atomic E-state index is 0.0882. The van der Waals surface area contributed by atoms with Crippen LogP contribution in [0.4, 0.5) is 0 Å². The molecule has 0 spiro atoms. The number of likely N-dealkylation sites (N-methyl/N-ethyl adjacent to an activating group) is 1. The lowest BCUT2D eigenvalue weighted by Gasteiger charge is -2.26. The molecule has 0 radical (unpaired) electrons. The minimum atomic E-state index is 0.0882. The van der Waals surface area contributed by atoms with Crippen LogP contribution in [0.15, 0.2) is 35.2 Å². The molecule has 1 aromatic rings. The van der Waals surface area contributed by atoms with E-state index in [4.69, 9.17) is 5.73 Å². The van der Waals surface area contributed by atoms with Gasteiger partial charge in [-0.3, -0.25) is 9.69 Å². The van der Waals surface area contributed by atoms with E-state index in [9.17, 15) is 4.79 Å². The molecule has 1 aromatic carbocycles. The largest absolute Gasteiger partial charge is 0.354 e. The topological polar surface area (TPSA) is 58.4 Å². The van der Waals surface area contributed by atoms with Gasteiger partial charge in [0, 0.05) is 29.8 Å². The third kappa shape index (κ3) is 5.69. The van der Waals surface area contributed by atoms with Crippen LogP contribution >= 0.6 is 11.8 Å². The van der Waals surface area contributed by atoms with Crippen molar-refractivity contribution < 1.29 is 4.79 Å².